The number of sulfonamides is 1. The molecule has 7 nitrogen and oxygen atoms in total. The predicted molar refractivity (Wildman–Crippen MR) is 94.5 cm³/mol. The van der Waals surface area contributed by atoms with E-state index in [9.17, 15) is 13.2 Å². The van der Waals surface area contributed by atoms with Crippen molar-refractivity contribution in [2.24, 2.45) is 0 Å². The van der Waals surface area contributed by atoms with Crippen LogP contribution in [0, 0.1) is 0 Å². The smallest absolute Gasteiger partial charge is 0.240 e. The Morgan fingerprint density at radius 1 is 1.30 bits per heavy atom. The van der Waals surface area contributed by atoms with Crippen LogP contribution in [0.2, 0.25) is 0 Å². The normalized spacial score (nSPS) is 23.1. The number of ether oxygens (including phenoxy) is 1. The molecule has 2 rings (SSSR count). The fourth-order valence-electron chi connectivity index (χ4n) is 2.48. The maximum absolute atomic E-state index is 12.3. The van der Waals surface area contributed by atoms with E-state index in [2.05, 4.69) is 5.32 Å². The third-order valence-corrected chi connectivity index (χ3v) is 6.52. The van der Waals surface area contributed by atoms with Gasteiger partial charge in [-0.25, -0.2) is 8.42 Å². The molecular weight excluding hydrogens is 362 g/mol. The molecule has 0 bridgehead atoms. The average Bonchev–Trinajstić information content (AvgIpc) is 3.00. The molecule has 0 radical (unpaired) electrons. The Bertz CT molecular complexity index is 476. The maximum atomic E-state index is 12.3. The zero-order valence-electron chi connectivity index (χ0n) is 13.6. The minimum Gasteiger partial charge on any atom is -0.378 e. The summed E-state index contributed by atoms with van der Waals surface area (Å²) in [5, 5.41) is 3.16. The van der Waals surface area contributed by atoms with E-state index in [0.717, 1.165) is 11.6 Å². The van der Waals surface area contributed by atoms with Crippen molar-refractivity contribution < 1.29 is 17.9 Å². The van der Waals surface area contributed by atoms with Gasteiger partial charge in [-0.3, -0.25) is 10.1 Å². The molecule has 0 aromatic rings. The number of hydrogen-bond donors (Lipinski definition) is 1. The van der Waals surface area contributed by atoms with Gasteiger partial charge in [-0.1, -0.05) is 0 Å². The lowest BCUT2D eigenvalue weighted by atomic mass is 10.2. The summed E-state index contributed by atoms with van der Waals surface area (Å²) in [6, 6.07) is -0.118. The van der Waals surface area contributed by atoms with Crippen LogP contribution in [0.25, 0.3) is 0 Å². The highest BCUT2D eigenvalue weighted by atomic mass is 35.5. The number of thioether (sulfide) groups is 1. The van der Waals surface area contributed by atoms with Crippen LogP contribution in [0.15, 0.2) is 0 Å². The second-order valence-electron chi connectivity index (χ2n) is 5.73. The van der Waals surface area contributed by atoms with E-state index in [4.69, 9.17) is 4.74 Å². The molecule has 2 heterocycles. The average molecular weight is 388 g/mol. The van der Waals surface area contributed by atoms with Crippen LogP contribution in [0.1, 0.15) is 13.8 Å². The quantitative estimate of drug-likeness (QED) is 0.689. The third kappa shape index (κ3) is 6.06. The highest BCUT2D eigenvalue weighted by Gasteiger charge is 2.32. The number of amides is 1. The number of rotatable bonds is 6. The Balaban J connectivity index is 0.00000264. The molecule has 2 aliphatic rings. The SMILES string of the molecule is CC(C)OCCS(=O)(=O)N1CCN(C(=O)C2CSCN2)CC1.Cl. The molecule has 0 spiro atoms. The lowest BCUT2D eigenvalue weighted by Gasteiger charge is -2.35. The molecule has 10 heteroatoms. The molecule has 1 atom stereocenters. The first kappa shape index (κ1) is 21.0. The van der Waals surface area contributed by atoms with Gasteiger partial charge in [0.2, 0.25) is 15.9 Å². The lowest BCUT2D eigenvalue weighted by Crippen LogP contribution is -2.55. The molecule has 1 amide bonds. The molecule has 136 valence electrons. The van der Waals surface area contributed by atoms with Crippen molar-refractivity contribution in [1.29, 1.82) is 0 Å². The van der Waals surface area contributed by atoms with E-state index in [0.29, 0.717) is 26.2 Å². The van der Waals surface area contributed by atoms with E-state index in [1.807, 2.05) is 13.8 Å². The summed E-state index contributed by atoms with van der Waals surface area (Å²) in [4.78, 5) is 14.0. The van der Waals surface area contributed by atoms with Gasteiger partial charge in [0.05, 0.1) is 24.5 Å². The Morgan fingerprint density at radius 3 is 2.48 bits per heavy atom. The second-order valence-corrected chi connectivity index (χ2v) is 8.85. The van der Waals surface area contributed by atoms with Crippen molar-refractivity contribution in [2.45, 2.75) is 26.0 Å². The van der Waals surface area contributed by atoms with Gasteiger partial charge < -0.3 is 9.64 Å². The maximum Gasteiger partial charge on any atom is 0.240 e. The van der Waals surface area contributed by atoms with Crippen LogP contribution in [0.3, 0.4) is 0 Å². The van der Waals surface area contributed by atoms with Gasteiger partial charge in [0.15, 0.2) is 0 Å². The number of carbonyl (C=O) groups excluding carboxylic acids is 1. The summed E-state index contributed by atoms with van der Waals surface area (Å²) in [5.41, 5.74) is 0. The monoisotopic (exact) mass is 387 g/mol. The number of carbonyl (C=O) groups is 1. The summed E-state index contributed by atoms with van der Waals surface area (Å²) < 4.78 is 31.2. The van der Waals surface area contributed by atoms with Crippen molar-refractivity contribution in [3.05, 3.63) is 0 Å². The zero-order chi connectivity index (χ0) is 16.2. The van der Waals surface area contributed by atoms with Gasteiger partial charge in [0, 0.05) is 37.8 Å². The fourth-order valence-corrected chi connectivity index (χ4v) is 4.70. The molecule has 2 fully saturated rings. The van der Waals surface area contributed by atoms with Crippen molar-refractivity contribution in [3.63, 3.8) is 0 Å². The van der Waals surface area contributed by atoms with Crippen LogP contribution >= 0.6 is 24.2 Å². The van der Waals surface area contributed by atoms with Crippen LogP contribution < -0.4 is 5.32 Å². The summed E-state index contributed by atoms with van der Waals surface area (Å²) >= 11 is 1.71. The lowest BCUT2D eigenvalue weighted by molar-refractivity contribution is -0.133. The van der Waals surface area contributed by atoms with E-state index >= 15 is 0 Å². The predicted octanol–water partition coefficient (Wildman–Crippen LogP) is -0.0303. The minimum atomic E-state index is -3.30. The second kappa shape index (κ2) is 9.43. The number of halogens is 1. The van der Waals surface area contributed by atoms with E-state index in [1.54, 1.807) is 16.7 Å². The van der Waals surface area contributed by atoms with Gasteiger partial charge in [0.25, 0.3) is 0 Å². The fraction of sp³-hybridized carbons (Fsp3) is 0.923. The molecular formula is C13H26ClN3O4S2. The molecule has 23 heavy (non-hydrogen) atoms. The first-order valence-corrected chi connectivity index (χ1v) is 10.4. The van der Waals surface area contributed by atoms with Crippen molar-refractivity contribution in [2.75, 3.05) is 50.2 Å². The van der Waals surface area contributed by atoms with Crippen molar-refractivity contribution in [1.82, 2.24) is 14.5 Å². The molecule has 1 unspecified atom stereocenters. The molecule has 2 saturated heterocycles. The third-order valence-electron chi connectivity index (χ3n) is 3.75. The Labute approximate surface area is 148 Å². The van der Waals surface area contributed by atoms with E-state index in [1.165, 1.54) is 4.31 Å². The molecule has 2 aliphatic heterocycles. The van der Waals surface area contributed by atoms with Crippen molar-refractivity contribution in [3.8, 4) is 0 Å². The van der Waals surface area contributed by atoms with Crippen LogP contribution in [-0.4, -0.2) is 85.8 Å². The topological polar surface area (TPSA) is 79.0 Å². The van der Waals surface area contributed by atoms with Crippen LogP contribution in [0.5, 0.6) is 0 Å². The molecule has 0 aliphatic carbocycles. The van der Waals surface area contributed by atoms with Gasteiger partial charge in [-0.2, -0.15) is 4.31 Å². The Hall–Kier alpha value is -0.0600. The Kier molecular flexibility index (Phi) is 8.60. The van der Waals surface area contributed by atoms with Crippen molar-refractivity contribution >= 4 is 40.1 Å². The summed E-state index contributed by atoms with van der Waals surface area (Å²) in [5.74, 6) is 1.69. The summed E-state index contributed by atoms with van der Waals surface area (Å²) in [7, 11) is -3.30. The van der Waals surface area contributed by atoms with Gasteiger partial charge in [-0.05, 0) is 13.8 Å². The minimum absolute atomic E-state index is 0. The van der Waals surface area contributed by atoms with E-state index < -0.39 is 10.0 Å². The van der Waals surface area contributed by atoms with Gasteiger partial charge in [-0.15, -0.1) is 24.2 Å². The molecule has 0 saturated carbocycles. The van der Waals surface area contributed by atoms with Crippen LogP contribution in [0.4, 0.5) is 0 Å². The number of nitrogens with zero attached hydrogens (tertiary/aromatic N) is 2. The standard InChI is InChI=1S/C13H25N3O4S2.ClH/c1-11(2)20-7-8-22(18,19)16-5-3-15(4-6-16)13(17)12-9-21-10-14-12;/h11-12,14H,3-10H2,1-2H3;1H. The summed E-state index contributed by atoms with van der Waals surface area (Å²) in [6.07, 6.45) is 0.0291. The number of hydrogen-bond acceptors (Lipinski definition) is 6. The number of nitrogens with one attached hydrogen (secondary N) is 1. The van der Waals surface area contributed by atoms with Gasteiger partial charge >= 0.3 is 0 Å². The first-order chi connectivity index (χ1) is 10.4. The molecule has 1 N–H and O–H groups in total. The zero-order valence-corrected chi connectivity index (χ0v) is 16.0. The van der Waals surface area contributed by atoms with Gasteiger partial charge in [0.1, 0.15) is 0 Å². The molecule has 0 aromatic carbocycles. The first-order valence-electron chi connectivity index (χ1n) is 7.59. The Morgan fingerprint density at radius 2 is 1.96 bits per heavy atom. The summed E-state index contributed by atoms with van der Waals surface area (Å²) in [6.45, 7) is 5.64. The molecule has 0 aromatic heterocycles. The number of piperazine rings is 1. The van der Waals surface area contributed by atoms with E-state index in [-0.39, 0.29) is 42.8 Å². The highest BCUT2D eigenvalue weighted by Crippen LogP contribution is 2.14. The van der Waals surface area contributed by atoms with Crippen LogP contribution in [-0.2, 0) is 19.6 Å². The largest absolute Gasteiger partial charge is 0.378 e. The highest BCUT2D eigenvalue weighted by molar-refractivity contribution is 7.99.